The Kier molecular flexibility index (Phi) is 4.44. The van der Waals surface area contributed by atoms with E-state index in [-0.39, 0.29) is 16.5 Å². The van der Waals surface area contributed by atoms with E-state index in [2.05, 4.69) is 4.72 Å². The second kappa shape index (κ2) is 5.44. The molecule has 6 nitrogen and oxygen atoms in total. The summed E-state index contributed by atoms with van der Waals surface area (Å²) in [5, 5.41) is 10.5. The summed E-state index contributed by atoms with van der Waals surface area (Å²) >= 11 is 5.49. The Bertz CT molecular complexity index is 517. The fourth-order valence-electron chi connectivity index (χ4n) is 1.13. The third-order valence-corrected chi connectivity index (χ3v) is 3.98. The Morgan fingerprint density at radius 3 is 2.71 bits per heavy atom. The van der Waals surface area contributed by atoms with Gasteiger partial charge in [-0.25, -0.2) is 13.1 Å². The molecule has 0 aliphatic rings. The first-order chi connectivity index (χ1) is 7.86. The zero-order valence-corrected chi connectivity index (χ0v) is 10.5. The molecule has 0 aromatic heterocycles. The van der Waals surface area contributed by atoms with Gasteiger partial charge in [0.05, 0.1) is 9.82 Å². The number of sulfonamides is 1. The largest absolute Gasteiger partial charge is 0.270 e. The van der Waals surface area contributed by atoms with Crippen LogP contribution in [-0.4, -0.2) is 25.3 Å². The number of non-ortho nitro benzene ring substituents is 1. The molecule has 17 heavy (non-hydrogen) atoms. The molecule has 0 aliphatic carbocycles. The van der Waals surface area contributed by atoms with Crippen LogP contribution >= 0.6 is 11.6 Å². The van der Waals surface area contributed by atoms with Crippen LogP contribution in [0.5, 0.6) is 0 Å². The number of nitrogens with one attached hydrogen (secondary N) is 1. The highest BCUT2D eigenvalue weighted by Gasteiger charge is 2.19. The SMILES string of the molecule is CC(CCl)NS(=O)(=O)c1cccc([N+](=O)[O-])c1. The van der Waals surface area contributed by atoms with Crippen molar-refractivity contribution in [2.45, 2.75) is 17.9 Å². The lowest BCUT2D eigenvalue weighted by atomic mass is 10.3. The average Bonchev–Trinajstić information content (AvgIpc) is 2.28. The highest BCUT2D eigenvalue weighted by Crippen LogP contribution is 2.17. The quantitative estimate of drug-likeness (QED) is 0.502. The maximum absolute atomic E-state index is 11.8. The fourth-order valence-corrected chi connectivity index (χ4v) is 2.58. The van der Waals surface area contributed by atoms with Crippen LogP contribution in [0.1, 0.15) is 6.92 Å². The van der Waals surface area contributed by atoms with Gasteiger partial charge in [0.2, 0.25) is 10.0 Å². The number of alkyl halides is 1. The molecule has 1 unspecified atom stereocenters. The maximum Gasteiger partial charge on any atom is 0.270 e. The topological polar surface area (TPSA) is 89.3 Å². The Morgan fingerprint density at radius 1 is 1.53 bits per heavy atom. The summed E-state index contributed by atoms with van der Waals surface area (Å²) in [5.74, 6) is 0.119. The molecule has 0 fully saturated rings. The Morgan fingerprint density at radius 2 is 2.18 bits per heavy atom. The molecule has 0 bridgehead atoms. The second-order valence-corrected chi connectivity index (χ2v) is 5.45. The summed E-state index contributed by atoms with van der Waals surface area (Å²) in [5.41, 5.74) is -0.272. The van der Waals surface area contributed by atoms with Crippen molar-refractivity contribution in [2.75, 3.05) is 5.88 Å². The number of rotatable bonds is 5. The van der Waals surface area contributed by atoms with Gasteiger partial charge in [0.1, 0.15) is 0 Å². The van der Waals surface area contributed by atoms with Crippen LogP contribution in [0.3, 0.4) is 0 Å². The molecule has 94 valence electrons. The lowest BCUT2D eigenvalue weighted by molar-refractivity contribution is -0.385. The Balaban J connectivity index is 3.07. The van der Waals surface area contributed by atoms with Crippen molar-refractivity contribution in [3.63, 3.8) is 0 Å². The van der Waals surface area contributed by atoms with E-state index in [1.54, 1.807) is 6.92 Å². The summed E-state index contributed by atoms with van der Waals surface area (Å²) in [6.07, 6.45) is 0. The highest BCUT2D eigenvalue weighted by molar-refractivity contribution is 7.89. The van der Waals surface area contributed by atoms with E-state index in [1.165, 1.54) is 18.2 Å². The number of nitro benzene ring substituents is 1. The lowest BCUT2D eigenvalue weighted by Crippen LogP contribution is -2.33. The van der Waals surface area contributed by atoms with Gasteiger partial charge < -0.3 is 0 Å². The van der Waals surface area contributed by atoms with E-state index >= 15 is 0 Å². The standard InChI is InChI=1S/C9H11ClN2O4S/c1-7(6-10)11-17(15,16)9-4-2-3-8(5-9)12(13)14/h2-5,7,11H,6H2,1H3. The molecule has 0 radical (unpaired) electrons. The van der Waals surface area contributed by atoms with Gasteiger partial charge in [-0.2, -0.15) is 0 Å². The number of hydrogen-bond acceptors (Lipinski definition) is 4. The third kappa shape index (κ3) is 3.65. The van der Waals surface area contributed by atoms with Gasteiger partial charge in [0, 0.05) is 24.1 Å². The first kappa shape index (κ1) is 13.9. The number of nitrogens with zero attached hydrogens (tertiary/aromatic N) is 1. The molecular formula is C9H11ClN2O4S. The first-order valence-corrected chi connectivity index (χ1v) is 6.71. The molecule has 1 aromatic carbocycles. The van der Waals surface area contributed by atoms with Gasteiger partial charge in [-0.1, -0.05) is 6.07 Å². The summed E-state index contributed by atoms with van der Waals surface area (Å²) < 4.78 is 25.9. The van der Waals surface area contributed by atoms with Crippen molar-refractivity contribution in [1.29, 1.82) is 0 Å². The van der Waals surface area contributed by atoms with Crippen LogP contribution in [0.4, 0.5) is 5.69 Å². The van der Waals surface area contributed by atoms with E-state index in [1.807, 2.05) is 0 Å². The molecule has 0 amide bonds. The van der Waals surface area contributed by atoms with Crippen LogP contribution in [0.25, 0.3) is 0 Å². The van der Waals surface area contributed by atoms with Crippen molar-refractivity contribution in [3.05, 3.63) is 34.4 Å². The molecule has 1 aromatic rings. The number of halogens is 1. The zero-order chi connectivity index (χ0) is 13.1. The van der Waals surface area contributed by atoms with E-state index in [0.29, 0.717) is 0 Å². The molecule has 0 saturated carbocycles. The zero-order valence-electron chi connectivity index (χ0n) is 8.96. The highest BCUT2D eigenvalue weighted by atomic mass is 35.5. The van der Waals surface area contributed by atoms with Gasteiger partial charge in [0.15, 0.2) is 0 Å². The van der Waals surface area contributed by atoms with Crippen molar-refractivity contribution < 1.29 is 13.3 Å². The van der Waals surface area contributed by atoms with Crippen LogP contribution in [-0.2, 0) is 10.0 Å². The number of benzene rings is 1. The lowest BCUT2D eigenvalue weighted by Gasteiger charge is -2.10. The minimum absolute atomic E-state index is 0.119. The smallest absolute Gasteiger partial charge is 0.258 e. The normalized spacial score (nSPS) is 13.3. The van der Waals surface area contributed by atoms with Crippen molar-refractivity contribution in [3.8, 4) is 0 Å². The molecule has 0 saturated heterocycles. The molecule has 0 spiro atoms. The third-order valence-electron chi connectivity index (χ3n) is 1.93. The van der Waals surface area contributed by atoms with Crippen LogP contribution in [0.15, 0.2) is 29.2 Å². The van der Waals surface area contributed by atoms with Crippen LogP contribution in [0.2, 0.25) is 0 Å². The minimum atomic E-state index is -3.77. The van der Waals surface area contributed by atoms with Crippen molar-refractivity contribution in [1.82, 2.24) is 4.72 Å². The molecule has 1 N–H and O–H groups in total. The predicted molar refractivity (Wildman–Crippen MR) is 63.6 cm³/mol. The Hall–Kier alpha value is -1.18. The molecular weight excluding hydrogens is 268 g/mol. The molecule has 1 rings (SSSR count). The average molecular weight is 279 g/mol. The summed E-state index contributed by atoms with van der Waals surface area (Å²) in [6.45, 7) is 1.60. The number of nitro groups is 1. The van der Waals surface area contributed by atoms with E-state index in [4.69, 9.17) is 11.6 Å². The van der Waals surface area contributed by atoms with Gasteiger partial charge in [-0.15, -0.1) is 11.6 Å². The van der Waals surface area contributed by atoms with Crippen LogP contribution in [0, 0.1) is 10.1 Å². The van der Waals surface area contributed by atoms with Gasteiger partial charge in [-0.05, 0) is 13.0 Å². The Labute approximate surface area is 104 Å². The van der Waals surface area contributed by atoms with Crippen LogP contribution < -0.4 is 4.72 Å². The summed E-state index contributed by atoms with van der Waals surface area (Å²) in [6, 6.07) is 4.39. The first-order valence-electron chi connectivity index (χ1n) is 4.69. The molecule has 8 heteroatoms. The van der Waals surface area contributed by atoms with Gasteiger partial charge >= 0.3 is 0 Å². The van der Waals surface area contributed by atoms with Crippen molar-refractivity contribution in [2.24, 2.45) is 0 Å². The molecule has 0 heterocycles. The molecule has 1 atom stereocenters. The van der Waals surface area contributed by atoms with E-state index < -0.39 is 21.0 Å². The monoisotopic (exact) mass is 278 g/mol. The summed E-state index contributed by atoms with van der Waals surface area (Å²) in [7, 11) is -3.77. The second-order valence-electron chi connectivity index (χ2n) is 3.43. The van der Waals surface area contributed by atoms with Crippen molar-refractivity contribution >= 4 is 27.3 Å². The van der Waals surface area contributed by atoms with E-state index in [9.17, 15) is 18.5 Å². The molecule has 0 aliphatic heterocycles. The van der Waals surface area contributed by atoms with Gasteiger partial charge in [0.25, 0.3) is 5.69 Å². The maximum atomic E-state index is 11.8. The fraction of sp³-hybridized carbons (Fsp3) is 0.333. The van der Waals surface area contributed by atoms with Gasteiger partial charge in [-0.3, -0.25) is 10.1 Å². The summed E-state index contributed by atoms with van der Waals surface area (Å²) in [4.78, 5) is 9.73. The van der Waals surface area contributed by atoms with E-state index in [0.717, 1.165) is 6.07 Å². The number of hydrogen-bond donors (Lipinski definition) is 1. The predicted octanol–water partition coefficient (Wildman–Crippen LogP) is 1.50. The minimum Gasteiger partial charge on any atom is -0.258 e.